The van der Waals surface area contributed by atoms with E-state index in [4.69, 9.17) is 0 Å². The molecule has 0 saturated carbocycles. The second-order valence-electron chi connectivity index (χ2n) is 5.39. The minimum absolute atomic E-state index is 0.578. The Morgan fingerprint density at radius 2 is 1.83 bits per heavy atom. The molecular weight excluding hydrogens is 220 g/mol. The number of nitrogens with zero attached hydrogens (tertiary/aromatic N) is 1. The Morgan fingerprint density at radius 3 is 2.39 bits per heavy atom. The van der Waals surface area contributed by atoms with Crippen LogP contribution in [0.25, 0.3) is 0 Å². The Kier molecular flexibility index (Phi) is 6.99. The lowest BCUT2D eigenvalue weighted by atomic mass is 9.96. The molecule has 0 heterocycles. The minimum atomic E-state index is 0.578. The second kappa shape index (κ2) is 8.28. The summed E-state index contributed by atoms with van der Waals surface area (Å²) in [5.74, 6) is 0.648. The van der Waals surface area contributed by atoms with Gasteiger partial charge in [-0.1, -0.05) is 51.1 Å². The molecule has 0 aliphatic heterocycles. The highest BCUT2D eigenvalue weighted by atomic mass is 15.1. The number of rotatable bonds is 8. The molecule has 0 amide bonds. The van der Waals surface area contributed by atoms with Crippen LogP contribution in [-0.4, -0.2) is 37.6 Å². The van der Waals surface area contributed by atoms with E-state index in [-0.39, 0.29) is 0 Å². The van der Waals surface area contributed by atoms with Crippen LogP contribution < -0.4 is 5.32 Å². The molecule has 0 aliphatic carbocycles. The van der Waals surface area contributed by atoms with Crippen molar-refractivity contribution in [1.29, 1.82) is 0 Å². The van der Waals surface area contributed by atoms with Gasteiger partial charge in [-0.05, 0) is 24.9 Å². The first-order valence-electron chi connectivity index (χ1n) is 7.10. The van der Waals surface area contributed by atoms with Crippen molar-refractivity contribution >= 4 is 0 Å². The second-order valence-corrected chi connectivity index (χ2v) is 5.39. The third-order valence-corrected chi connectivity index (χ3v) is 3.34. The molecule has 2 heteroatoms. The Morgan fingerprint density at radius 1 is 1.17 bits per heavy atom. The van der Waals surface area contributed by atoms with Crippen LogP contribution in [0.3, 0.4) is 0 Å². The van der Waals surface area contributed by atoms with Crippen LogP contribution in [-0.2, 0) is 0 Å². The molecule has 2 nitrogen and oxygen atoms in total. The van der Waals surface area contributed by atoms with Gasteiger partial charge in [0.2, 0.25) is 0 Å². The maximum Gasteiger partial charge on any atom is 0.0104 e. The van der Waals surface area contributed by atoms with Crippen LogP contribution >= 0.6 is 0 Å². The number of likely N-dealkylation sites (N-methyl/N-ethyl adjacent to an activating group) is 1. The summed E-state index contributed by atoms with van der Waals surface area (Å²) in [6.07, 6.45) is 1.20. The molecule has 0 radical (unpaired) electrons. The van der Waals surface area contributed by atoms with Gasteiger partial charge in [0.05, 0.1) is 0 Å². The van der Waals surface area contributed by atoms with E-state index in [0.717, 1.165) is 19.6 Å². The summed E-state index contributed by atoms with van der Waals surface area (Å²) in [5.41, 5.74) is 1.46. The smallest absolute Gasteiger partial charge is 0.0104 e. The maximum absolute atomic E-state index is 3.47. The summed E-state index contributed by atoms with van der Waals surface area (Å²) < 4.78 is 0. The highest BCUT2D eigenvalue weighted by Gasteiger charge is 2.11. The van der Waals surface area contributed by atoms with Crippen LogP contribution in [0.1, 0.15) is 38.7 Å². The van der Waals surface area contributed by atoms with E-state index in [0.29, 0.717) is 12.0 Å². The highest BCUT2D eigenvalue weighted by molar-refractivity contribution is 5.19. The van der Waals surface area contributed by atoms with Crippen molar-refractivity contribution < 1.29 is 0 Å². The number of hydrogen-bond acceptors (Lipinski definition) is 2. The monoisotopic (exact) mass is 248 g/mol. The van der Waals surface area contributed by atoms with Gasteiger partial charge in [-0.3, -0.25) is 0 Å². The van der Waals surface area contributed by atoms with E-state index in [9.17, 15) is 0 Å². The average Bonchev–Trinajstić information content (AvgIpc) is 2.36. The summed E-state index contributed by atoms with van der Waals surface area (Å²) >= 11 is 0. The van der Waals surface area contributed by atoms with Crippen LogP contribution in [0.4, 0.5) is 0 Å². The number of benzene rings is 1. The molecule has 102 valence electrons. The van der Waals surface area contributed by atoms with Gasteiger partial charge in [0.1, 0.15) is 0 Å². The lowest BCUT2D eigenvalue weighted by Gasteiger charge is -2.24. The molecule has 0 bridgehead atoms. The van der Waals surface area contributed by atoms with E-state index < -0.39 is 0 Å². The van der Waals surface area contributed by atoms with Crippen LogP contribution in [0, 0.1) is 0 Å². The number of nitrogens with one attached hydrogen (secondary N) is 1. The molecule has 1 atom stereocenters. The minimum Gasteiger partial charge on any atom is -0.313 e. The number of hydrogen-bond donors (Lipinski definition) is 1. The van der Waals surface area contributed by atoms with Gasteiger partial charge in [-0.25, -0.2) is 0 Å². The Hall–Kier alpha value is -0.860. The molecule has 0 aromatic heterocycles. The molecule has 1 N–H and O–H groups in total. The van der Waals surface area contributed by atoms with E-state index in [1.54, 1.807) is 0 Å². The van der Waals surface area contributed by atoms with Crippen molar-refractivity contribution in [1.82, 2.24) is 10.2 Å². The molecule has 0 spiro atoms. The van der Waals surface area contributed by atoms with Gasteiger partial charge in [0.25, 0.3) is 0 Å². The predicted molar refractivity (Wildman–Crippen MR) is 80.1 cm³/mol. The standard InChI is InChI=1S/C16H28N2/c1-5-15(16-9-7-6-8-10-16)13-18(4)12-11-17-14(2)3/h6-10,14-15,17H,5,11-13H2,1-4H3. The summed E-state index contributed by atoms with van der Waals surface area (Å²) in [7, 11) is 2.22. The van der Waals surface area contributed by atoms with E-state index in [1.165, 1.54) is 12.0 Å². The van der Waals surface area contributed by atoms with Crippen LogP contribution in [0.15, 0.2) is 30.3 Å². The molecule has 0 saturated heterocycles. The fraction of sp³-hybridized carbons (Fsp3) is 0.625. The van der Waals surface area contributed by atoms with Gasteiger partial charge >= 0.3 is 0 Å². The first kappa shape index (κ1) is 15.2. The van der Waals surface area contributed by atoms with Crippen molar-refractivity contribution in [3.63, 3.8) is 0 Å². The topological polar surface area (TPSA) is 15.3 Å². The van der Waals surface area contributed by atoms with Gasteiger partial charge in [0.15, 0.2) is 0 Å². The van der Waals surface area contributed by atoms with Crippen molar-refractivity contribution in [3.05, 3.63) is 35.9 Å². The molecule has 18 heavy (non-hydrogen) atoms. The van der Waals surface area contributed by atoms with Gasteiger partial charge in [0, 0.05) is 25.7 Å². The Bertz CT molecular complexity index is 308. The van der Waals surface area contributed by atoms with Crippen molar-refractivity contribution in [2.24, 2.45) is 0 Å². The fourth-order valence-electron chi connectivity index (χ4n) is 2.21. The summed E-state index contributed by atoms with van der Waals surface area (Å²) in [5, 5.41) is 3.47. The van der Waals surface area contributed by atoms with Gasteiger partial charge < -0.3 is 10.2 Å². The van der Waals surface area contributed by atoms with E-state index in [1.807, 2.05) is 0 Å². The summed E-state index contributed by atoms with van der Waals surface area (Å²) in [6, 6.07) is 11.4. The SMILES string of the molecule is CCC(CN(C)CCNC(C)C)c1ccccc1. The quantitative estimate of drug-likeness (QED) is 0.760. The molecule has 1 rings (SSSR count). The lowest BCUT2D eigenvalue weighted by molar-refractivity contribution is 0.302. The zero-order valence-electron chi connectivity index (χ0n) is 12.3. The molecule has 0 fully saturated rings. The van der Waals surface area contributed by atoms with Crippen LogP contribution in [0.5, 0.6) is 0 Å². The lowest BCUT2D eigenvalue weighted by Crippen LogP contribution is -2.34. The van der Waals surface area contributed by atoms with Crippen molar-refractivity contribution in [3.8, 4) is 0 Å². The highest BCUT2D eigenvalue weighted by Crippen LogP contribution is 2.19. The predicted octanol–water partition coefficient (Wildman–Crippen LogP) is 3.11. The largest absolute Gasteiger partial charge is 0.313 e. The summed E-state index contributed by atoms with van der Waals surface area (Å²) in [4.78, 5) is 2.43. The zero-order valence-corrected chi connectivity index (χ0v) is 12.3. The van der Waals surface area contributed by atoms with Crippen molar-refractivity contribution in [2.45, 2.75) is 39.2 Å². The van der Waals surface area contributed by atoms with Crippen LogP contribution in [0.2, 0.25) is 0 Å². The fourth-order valence-corrected chi connectivity index (χ4v) is 2.21. The normalized spacial score (nSPS) is 13.2. The van der Waals surface area contributed by atoms with E-state index >= 15 is 0 Å². The maximum atomic E-state index is 3.47. The zero-order chi connectivity index (χ0) is 13.4. The molecular formula is C16H28N2. The Balaban J connectivity index is 2.39. The first-order valence-corrected chi connectivity index (χ1v) is 7.10. The molecule has 1 aromatic carbocycles. The molecule has 1 unspecified atom stereocenters. The molecule has 0 aliphatic rings. The van der Waals surface area contributed by atoms with Crippen molar-refractivity contribution in [2.75, 3.05) is 26.7 Å². The third-order valence-electron chi connectivity index (χ3n) is 3.34. The van der Waals surface area contributed by atoms with E-state index in [2.05, 4.69) is 68.4 Å². The third kappa shape index (κ3) is 5.65. The van der Waals surface area contributed by atoms with Gasteiger partial charge in [-0.15, -0.1) is 0 Å². The first-order chi connectivity index (χ1) is 8.63. The Labute approximate surface area is 112 Å². The summed E-state index contributed by atoms with van der Waals surface area (Å²) in [6.45, 7) is 9.98. The van der Waals surface area contributed by atoms with Gasteiger partial charge in [-0.2, -0.15) is 0 Å². The average molecular weight is 248 g/mol. The molecule has 1 aromatic rings.